The second kappa shape index (κ2) is 5.15. The summed E-state index contributed by atoms with van der Waals surface area (Å²) in [6, 6.07) is 1.76. The third-order valence-corrected chi connectivity index (χ3v) is 6.17. The maximum absolute atomic E-state index is 12.6. The molecule has 5 heterocycles. The minimum absolute atomic E-state index is 0.119. The van der Waals surface area contributed by atoms with Crippen LogP contribution in [-0.4, -0.2) is 40.8 Å². The fraction of sp³-hybridized carbons (Fsp3) is 0.500. The number of thiophene rings is 1. The first kappa shape index (κ1) is 14.9. The van der Waals surface area contributed by atoms with Crippen LogP contribution in [0.1, 0.15) is 23.2 Å². The van der Waals surface area contributed by atoms with Crippen LogP contribution >= 0.6 is 11.3 Å². The molecular weight excluding hydrogens is 314 g/mol. The van der Waals surface area contributed by atoms with Crippen molar-refractivity contribution in [2.75, 3.05) is 19.6 Å². The quantitative estimate of drug-likeness (QED) is 0.667. The molecule has 23 heavy (non-hydrogen) atoms. The lowest BCUT2D eigenvalue weighted by atomic mass is 9.83. The zero-order valence-corrected chi connectivity index (χ0v) is 13.8. The number of quaternary nitrogens is 1. The Kier molecular flexibility index (Phi) is 3.33. The van der Waals surface area contributed by atoms with Crippen LogP contribution in [0.25, 0.3) is 10.2 Å². The van der Waals surface area contributed by atoms with Crippen LogP contribution in [0.2, 0.25) is 0 Å². The number of amides is 1. The van der Waals surface area contributed by atoms with Crippen molar-refractivity contribution >= 4 is 27.5 Å². The molecule has 0 radical (unpaired) electrons. The summed E-state index contributed by atoms with van der Waals surface area (Å²) in [5, 5.41) is 17.2. The molecule has 6 nitrogen and oxygen atoms in total. The highest BCUT2D eigenvalue weighted by molar-refractivity contribution is 7.17. The van der Waals surface area contributed by atoms with Gasteiger partial charge in [0.25, 0.3) is 5.91 Å². The Hall–Kier alpha value is -1.70. The molecule has 1 N–H and O–H groups in total. The number of rotatable bonds is 2. The third-order valence-electron chi connectivity index (χ3n) is 5.27. The molecule has 3 aliphatic heterocycles. The Bertz CT molecular complexity index is 833. The number of fused-ring (bicyclic) bond motifs is 4. The van der Waals surface area contributed by atoms with Gasteiger partial charge >= 0.3 is 0 Å². The Morgan fingerprint density at radius 1 is 1.43 bits per heavy atom. The monoisotopic (exact) mass is 333 g/mol. The average molecular weight is 333 g/mol. The Balaban J connectivity index is 1.63. The van der Waals surface area contributed by atoms with Gasteiger partial charge in [0.15, 0.2) is 0 Å². The first-order valence-electron chi connectivity index (χ1n) is 7.92. The maximum Gasteiger partial charge on any atom is 0.257 e. The number of nitrogens with zero attached hydrogens (tertiary/aromatic N) is 2. The summed E-state index contributed by atoms with van der Waals surface area (Å²) in [6.45, 7) is 1.73. The summed E-state index contributed by atoms with van der Waals surface area (Å²) in [7, 11) is 1.83. The number of carbonyl (C=O) groups is 1. The lowest BCUT2D eigenvalue weighted by Crippen LogP contribution is -2.64. The van der Waals surface area contributed by atoms with Crippen molar-refractivity contribution in [3.63, 3.8) is 0 Å². The molecule has 0 aliphatic carbocycles. The summed E-state index contributed by atoms with van der Waals surface area (Å²) in [5.74, 6) is 0.00784. The van der Waals surface area contributed by atoms with Crippen LogP contribution in [0.3, 0.4) is 0 Å². The number of pyridine rings is 1. The van der Waals surface area contributed by atoms with Gasteiger partial charge in [-0.3, -0.25) is 9.59 Å². The van der Waals surface area contributed by atoms with E-state index in [0.717, 1.165) is 18.4 Å². The first-order chi connectivity index (χ1) is 11.0. The van der Waals surface area contributed by atoms with E-state index >= 15 is 0 Å². The lowest BCUT2D eigenvalue weighted by Gasteiger charge is -2.55. The van der Waals surface area contributed by atoms with Crippen molar-refractivity contribution in [1.29, 1.82) is 0 Å². The fourth-order valence-electron chi connectivity index (χ4n) is 3.92. The zero-order valence-electron chi connectivity index (χ0n) is 12.9. The molecule has 122 valence electrons. The SMILES string of the molecule is Cn1cc(C(=O)NC2C[N+]3([O-])CCC2CC3)c(=O)c2sccc21. The third kappa shape index (κ3) is 2.39. The number of nitrogens with one attached hydrogen (secondary N) is 1. The number of hydrogen-bond acceptors (Lipinski definition) is 4. The van der Waals surface area contributed by atoms with Crippen molar-refractivity contribution in [1.82, 2.24) is 9.88 Å². The predicted octanol–water partition coefficient (Wildman–Crippen LogP) is 1.44. The summed E-state index contributed by atoms with van der Waals surface area (Å²) < 4.78 is 2.20. The first-order valence-corrected chi connectivity index (χ1v) is 8.80. The second-order valence-corrected chi connectivity index (χ2v) is 7.64. The molecule has 0 spiro atoms. The van der Waals surface area contributed by atoms with Gasteiger partial charge in [0.05, 0.1) is 35.9 Å². The van der Waals surface area contributed by atoms with Gasteiger partial charge in [0.1, 0.15) is 5.56 Å². The van der Waals surface area contributed by atoms with E-state index in [0.29, 0.717) is 30.3 Å². The molecule has 0 saturated carbocycles. The maximum atomic E-state index is 12.6. The number of piperidine rings is 3. The van der Waals surface area contributed by atoms with E-state index in [1.54, 1.807) is 10.8 Å². The van der Waals surface area contributed by atoms with Gasteiger partial charge in [-0.25, -0.2) is 0 Å². The van der Waals surface area contributed by atoms with Crippen molar-refractivity contribution in [3.05, 3.63) is 38.6 Å². The molecule has 2 bridgehead atoms. The van der Waals surface area contributed by atoms with Gasteiger partial charge in [-0.05, 0) is 17.4 Å². The minimum atomic E-state index is -0.355. The van der Waals surface area contributed by atoms with Crippen molar-refractivity contribution in [3.8, 4) is 0 Å². The van der Waals surface area contributed by atoms with Crippen molar-refractivity contribution in [2.24, 2.45) is 13.0 Å². The van der Waals surface area contributed by atoms with E-state index in [4.69, 9.17) is 0 Å². The second-order valence-electron chi connectivity index (χ2n) is 6.72. The molecule has 3 aliphatic rings. The summed E-state index contributed by atoms with van der Waals surface area (Å²) in [6.07, 6.45) is 3.31. The van der Waals surface area contributed by atoms with E-state index in [-0.39, 0.29) is 27.6 Å². The molecule has 0 aromatic carbocycles. The smallest absolute Gasteiger partial charge is 0.257 e. The van der Waals surface area contributed by atoms with E-state index in [1.807, 2.05) is 18.5 Å². The molecular formula is C16H19N3O3S. The number of aromatic nitrogens is 1. The van der Waals surface area contributed by atoms with Crippen LogP contribution < -0.4 is 10.7 Å². The Labute approximate surface area is 137 Å². The molecule has 7 heteroatoms. The van der Waals surface area contributed by atoms with Crippen molar-refractivity contribution in [2.45, 2.75) is 18.9 Å². The van der Waals surface area contributed by atoms with Gasteiger partial charge in [0.2, 0.25) is 5.43 Å². The minimum Gasteiger partial charge on any atom is -0.633 e. The van der Waals surface area contributed by atoms with Crippen molar-refractivity contribution < 1.29 is 9.44 Å². The molecule has 2 aromatic heterocycles. The molecule has 3 fully saturated rings. The van der Waals surface area contributed by atoms with E-state index in [1.165, 1.54) is 11.3 Å². The molecule has 1 atom stereocenters. The topological polar surface area (TPSA) is 74.2 Å². The zero-order chi connectivity index (χ0) is 16.2. The van der Waals surface area contributed by atoms with Crippen LogP contribution in [0.4, 0.5) is 0 Å². The highest BCUT2D eigenvalue weighted by atomic mass is 32.1. The molecule has 3 saturated heterocycles. The number of aryl methyl sites for hydroxylation is 1. The van der Waals surface area contributed by atoms with Crippen LogP contribution in [0, 0.1) is 11.1 Å². The molecule has 2 aromatic rings. The number of hydrogen-bond donors (Lipinski definition) is 1. The van der Waals surface area contributed by atoms with Gasteiger partial charge in [0, 0.05) is 26.1 Å². The van der Waals surface area contributed by atoms with Crippen LogP contribution in [0.5, 0.6) is 0 Å². The molecule has 5 rings (SSSR count). The predicted molar refractivity (Wildman–Crippen MR) is 89.3 cm³/mol. The van der Waals surface area contributed by atoms with Crippen LogP contribution in [0.15, 0.2) is 22.4 Å². The Morgan fingerprint density at radius 2 is 2.17 bits per heavy atom. The van der Waals surface area contributed by atoms with E-state index in [2.05, 4.69) is 5.32 Å². The standard InChI is InChI=1S/C16H19N3O3S/c1-18-8-11(14(20)15-13(18)4-7-23-15)16(21)17-12-9-19(22)5-2-10(12)3-6-19/h4,7-8,10,12H,2-3,5-6,9H2,1H3,(H,17,21). The average Bonchev–Trinajstić information content (AvgIpc) is 3.01. The summed E-state index contributed by atoms with van der Waals surface area (Å²) >= 11 is 1.35. The molecule has 1 unspecified atom stereocenters. The van der Waals surface area contributed by atoms with E-state index in [9.17, 15) is 14.8 Å². The van der Waals surface area contributed by atoms with E-state index < -0.39 is 0 Å². The number of carbonyl (C=O) groups excluding carboxylic acids is 1. The Morgan fingerprint density at radius 3 is 2.87 bits per heavy atom. The van der Waals surface area contributed by atoms with Gasteiger partial charge in [-0.2, -0.15) is 0 Å². The lowest BCUT2D eigenvalue weighted by molar-refractivity contribution is -0.898. The number of hydroxylamine groups is 3. The fourth-order valence-corrected chi connectivity index (χ4v) is 4.80. The summed E-state index contributed by atoms with van der Waals surface area (Å²) in [4.78, 5) is 25.1. The normalized spacial score (nSPS) is 29.8. The van der Waals surface area contributed by atoms with Gasteiger partial charge < -0.3 is 19.7 Å². The largest absolute Gasteiger partial charge is 0.633 e. The van der Waals surface area contributed by atoms with Crippen LogP contribution in [-0.2, 0) is 7.05 Å². The highest BCUT2D eigenvalue weighted by Crippen LogP contribution is 2.33. The molecule has 1 amide bonds. The van der Waals surface area contributed by atoms with Gasteiger partial charge in [-0.1, -0.05) is 0 Å². The van der Waals surface area contributed by atoms with Gasteiger partial charge in [-0.15, -0.1) is 11.3 Å². The summed E-state index contributed by atoms with van der Waals surface area (Å²) in [5.41, 5.74) is 0.776. The highest BCUT2D eigenvalue weighted by Gasteiger charge is 2.42.